The number of hydrogen-bond donors (Lipinski definition) is 1. The van der Waals surface area contributed by atoms with E-state index in [2.05, 4.69) is 35.3 Å². The summed E-state index contributed by atoms with van der Waals surface area (Å²) < 4.78 is 11.1. The molecule has 3 aromatic rings. The Bertz CT molecular complexity index is 945. The third-order valence-electron chi connectivity index (χ3n) is 5.01. The van der Waals surface area contributed by atoms with Gasteiger partial charge in [0.2, 0.25) is 5.91 Å². The van der Waals surface area contributed by atoms with Crippen molar-refractivity contribution in [2.24, 2.45) is 0 Å². The molecule has 0 bridgehead atoms. The van der Waals surface area contributed by atoms with Gasteiger partial charge in [-0.05, 0) is 48.2 Å². The van der Waals surface area contributed by atoms with Crippen LogP contribution in [0, 0.1) is 0 Å². The molecule has 0 saturated carbocycles. The predicted molar refractivity (Wildman–Crippen MR) is 126 cm³/mol. The Hall–Kier alpha value is -2.83. The number of nitrogens with zero attached hydrogens (tertiary/aromatic N) is 1. The zero-order chi connectivity index (χ0) is 22.1. The molecule has 1 atom stereocenters. The van der Waals surface area contributed by atoms with E-state index in [0.717, 1.165) is 28.3 Å². The first-order valence-corrected chi connectivity index (χ1v) is 11.4. The third-order valence-corrected chi connectivity index (χ3v) is 5.95. The van der Waals surface area contributed by atoms with E-state index in [-0.39, 0.29) is 11.9 Å². The van der Waals surface area contributed by atoms with Crippen molar-refractivity contribution in [2.75, 3.05) is 26.8 Å². The average molecular weight is 439 g/mol. The summed E-state index contributed by atoms with van der Waals surface area (Å²) in [6, 6.07) is 19.9. The quantitative estimate of drug-likeness (QED) is 0.463. The molecule has 6 heteroatoms. The summed E-state index contributed by atoms with van der Waals surface area (Å²) in [5, 5.41) is 5.26. The van der Waals surface area contributed by atoms with Crippen LogP contribution in [0.4, 0.5) is 0 Å². The number of thiophene rings is 1. The van der Waals surface area contributed by atoms with E-state index < -0.39 is 0 Å². The molecule has 5 nitrogen and oxygen atoms in total. The Morgan fingerprint density at radius 1 is 1.06 bits per heavy atom. The normalized spacial score (nSPS) is 11.9. The fraction of sp³-hybridized carbons (Fsp3) is 0.320. The molecule has 0 aliphatic carbocycles. The molecular formula is C25H30N2O3S. The molecular weight excluding hydrogens is 408 g/mol. The molecule has 1 aromatic heterocycles. The van der Waals surface area contributed by atoms with Crippen molar-refractivity contribution in [3.63, 3.8) is 0 Å². The maximum absolute atomic E-state index is 13.0. The average Bonchev–Trinajstić information content (AvgIpc) is 3.33. The van der Waals surface area contributed by atoms with E-state index >= 15 is 0 Å². The molecule has 164 valence electrons. The van der Waals surface area contributed by atoms with E-state index in [0.29, 0.717) is 25.4 Å². The number of nitrogens with one attached hydrogen (secondary N) is 1. The minimum Gasteiger partial charge on any atom is -0.493 e. The van der Waals surface area contributed by atoms with Crippen molar-refractivity contribution in [2.45, 2.75) is 26.4 Å². The van der Waals surface area contributed by atoms with Gasteiger partial charge in [0.25, 0.3) is 0 Å². The second-order valence-corrected chi connectivity index (χ2v) is 8.13. The van der Waals surface area contributed by atoms with Crippen LogP contribution in [0.15, 0.2) is 66.0 Å². The molecule has 2 aromatic carbocycles. The maximum Gasteiger partial charge on any atom is 0.234 e. The Morgan fingerprint density at radius 3 is 2.52 bits per heavy atom. The highest BCUT2D eigenvalue weighted by molar-refractivity contribution is 7.10. The first kappa shape index (κ1) is 22.8. The van der Waals surface area contributed by atoms with Crippen molar-refractivity contribution in [3.8, 4) is 11.5 Å². The second-order valence-electron chi connectivity index (χ2n) is 7.15. The van der Waals surface area contributed by atoms with E-state index in [1.807, 2.05) is 54.8 Å². The zero-order valence-electron chi connectivity index (χ0n) is 18.3. The summed E-state index contributed by atoms with van der Waals surface area (Å²) in [4.78, 5) is 16.2. The Balaban J connectivity index is 1.67. The highest BCUT2D eigenvalue weighted by atomic mass is 32.1. The minimum absolute atomic E-state index is 0.00186. The lowest BCUT2D eigenvalue weighted by atomic mass is 10.1. The van der Waals surface area contributed by atoms with Gasteiger partial charge in [-0.15, -0.1) is 11.3 Å². The van der Waals surface area contributed by atoms with Crippen molar-refractivity contribution in [3.05, 3.63) is 82.0 Å². The molecule has 3 rings (SSSR count). The van der Waals surface area contributed by atoms with Gasteiger partial charge < -0.3 is 14.8 Å². The fourth-order valence-electron chi connectivity index (χ4n) is 3.45. The molecule has 0 aliphatic heterocycles. The van der Waals surface area contributed by atoms with Gasteiger partial charge in [-0.2, -0.15) is 0 Å². The monoisotopic (exact) mass is 438 g/mol. The van der Waals surface area contributed by atoms with E-state index in [1.54, 1.807) is 18.4 Å². The number of carbonyl (C=O) groups is 1. The Labute approximate surface area is 188 Å². The number of carbonyl (C=O) groups excluding carboxylic acids is 1. The number of ether oxygens (including phenoxy) is 2. The molecule has 0 fully saturated rings. The summed E-state index contributed by atoms with van der Waals surface area (Å²) >= 11 is 1.65. The third kappa shape index (κ3) is 6.32. The van der Waals surface area contributed by atoms with Crippen LogP contribution in [0.2, 0.25) is 0 Å². The van der Waals surface area contributed by atoms with Crippen molar-refractivity contribution in [1.82, 2.24) is 10.2 Å². The highest BCUT2D eigenvalue weighted by Gasteiger charge is 2.19. The molecule has 1 N–H and O–H groups in total. The van der Waals surface area contributed by atoms with Gasteiger partial charge in [0, 0.05) is 11.4 Å². The first-order chi connectivity index (χ1) is 15.1. The molecule has 31 heavy (non-hydrogen) atoms. The molecule has 1 heterocycles. The van der Waals surface area contributed by atoms with Crippen LogP contribution in [0.5, 0.6) is 11.5 Å². The zero-order valence-corrected chi connectivity index (χ0v) is 19.2. The lowest BCUT2D eigenvalue weighted by Gasteiger charge is -2.23. The number of rotatable bonds is 11. The van der Waals surface area contributed by atoms with Crippen LogP contribution in [-0.2, 0) is 11.3 Å². The van der Waals surface area contributed by atoms with Crippen LogP contribution in [0.25, 0.3) is 0 Å². The van der Waals surface area contributed by atoms with Crippen molar-refractivity contribution < 1.29 is 14.3 Å². The smallest absolute Gasteiger partial charge is 0.234 e. The molecule has 1 amide bonds. The van der Waals surface area contributed by atoms with Crippen LogP contribution in [0.3, 0.4) is 0 Å². The molecule has 0 saturated heterocycles. The van der Waals surface area contributed by atoms with Gasteiger partial charge in [0.15, 0.2) is 11.5 Å². The minimum atomic E-state index is -0.141. The number of hydrogen-bond acceptors (Lipinski definition) is 5. The number of methoxy groups -OCH3 is 1. The topological polar surface area (TPSA) is 50.8 Å². The summed E-state index contributed by atoms with van der Waals surface area (Å²) in [5.74, 6) is 1.44. The van der Waals surface area contributed by atoms with E-state index in [1.165, 1.54) is 0 Å². The highest BCUT2D eigenvalue weighted by Crippen LogP contribution is 2.29. The predicted octanol–water partition coefficient (Wildman–Crippen LogP) is 4.88. The molecule has 0 unspecified atom stereocenters. The van der Waals surface area contributed by atoms with Gasteiger partial charge in [-0.1, -0.05) is 49.4 Å². The van der Waals surface area contributed by atoms with Gasteiger partial charge in [0.1, 0.15) is 0 Å². The van der Waals surface area contributed by atoms with Gasteiger partial charge >= 0.3 is 0 Å². The van der Waals surface area contributed by atoms with Crippen LogP contribution in [0.1, 0.15) is 35.9 Å². The van der Waals surface area contributed by atoms with Gasteiger partial charge in [0.05, 0.1) is 26.3 Å². The van der Waals surface area contributed by atoms with Crippen molar-refractivity contribution >= 4 is 17.2 Å². The summed E-state index contributed by atoms with van der Waals surface area (Å²) in [6.45, 7) is 6.33. The summed E-state index contributed by atoms with van der Waals surface area (Å²) in [5.41, 5.74) is 2.16. The van der Waals surface area contributed by atoms with Gasteiger partial charge in [-0.25, -0.2) is 0 Å². The lowest BCUT2D eigenvalue weighted by Crippen LogP contribution is -2.38. The number of amides is 1. The van der Waals surface area contributed by atoms with Crippen LogP contribution in [-0.4, -0.2) is 37.6 Å². The van der Waals surface area contributed by atoms with Crippen LogP contribution < -0.4 is 14.8 Å². The molecule has 0 spiro atoms. The lowest BCUT2D eigenvalue weighted by molar-refractivity contribution is -0.122. The Kier molecular flexibility index (Phi) is 8.50. The number of benzene rings is 2. The second kappa shape index (κ2) is 11.5. The van der Waals surface area contributed by atoms with Crippen LogP contribution >= 0.6 is 11.3 Å². The van der Waals surface area contributed by atoms with E-state index in [4.69, 9.17) is 9.47 Å². The SMILES string of the molecule is CCOc1ccc(CN(CC)CC(=O)N[C@@H](c2ccccc2)c2cccs2)cc1OC. The molecule has 0 aliphatic rings. The van der Waals surface area contributed by atoms with Crippen molar-refractivity contribution in [1.29, 1.82) is 0 Å². The van der Waals surface area contributed by atoms with E-state index in [9.17, 15) is 4.79 Å². The first-order valence-electron chi connectivity index (χ1n) is 10.5. The standard InChI is InChI=1S/C25H30N2O3S/c1-4-27(17-19-13-14-21(30-5-2)22(16-19)29-3)18-24(28)26-25(23-12-9-15-31-23)20-10-7-6-8-11-20/h6-16,25H,4-5,17-18H2,1-3H3,(H,26,28)/t25-/m0/s1. The number of likely N-dealkylation sites (N-methyl/N-ethyl adjacent to an activating group) is 1. The molecule has 0 radical (unpaired) electrons. The maximum atomic E-state index is 13.0. The summed E-state index contributed by atoms with van der Waals surface area (Å²) in [7, 11) is 1.64. The largest absolute Gasteiger partial charge is 0.493 e. The fourth-order valence-corrected chi connectivity index (χ4v) is 4.25. The van der Waals surface area contributed by atoms with Gasteiger partial charge in [-0.3, -0.25) is 9.69 Å². The summed E-state index contributed by atoms with van der Waals surface area (Å²) in [6.07, 6.45) is 0. The Morgan fingerprint density at radius 2 is 1.87 bits per heavy atom.